The Balaban J connectivity index is 0.00000338. The zero-order chi connectivity index (χ0) is 18.3. The van der Waals surface area contributed by atoms with Crippen LogP contribution < -0.4 is 10.6 Å². The van der Waals surface area contributed by atoms with Crippen LogP contribution in [0, 0.1) is 0 Å². The van der Waals surface area contributed by atoms with Crippen LogP contribution in [-0.2, 0) is 12.0 Å². The van der Waals surface area contributed by atoms with Crippen molar-refractivity contribution < 1.29 is 8.78 Å². The molecule has 26 heavy (non-hydrogen) atoms. The maximum absolute atomic E-state index is 12.9. The van der Waals surface area contributed by atoms with Gasteiger partial charge in [0.15, 0.2) is 5.96 Å². The molecule has 8 heteroatoms. The first kappa shape index (κ1) is 22.3. The molecule has 0 bridgehead atoms. The van der Waals surface area contributed by atoms with Crippen LogP contribution in [-0.4, -0.2) is 28.6 Å². The number of guanidine groups is 1. The van der Waals surface area contributed by atoms with Gasteiger partial charge in [0.2, 0.25) is 0 Å². The fourth-order valence-corrected chi connectivity index (χ4v) is 2.43. The second kappa shape index (κ2) is 10.4. The molecule has 5 nitrogen and oxygen atoms in total. The summed E-state index contributed by atoms with van der Waals surface area (Å²) >= 11 is 0. The number of nitrogens with one attached hydrogen (secondary N) is 2. The van der Waals surface area contributed by atoms with Crippen LogP contribution in [0.3, 0.4) is 0 Å². The first-order valence-electron chi connectivity index (χ1n) is 8.31. The molecule has 0 aliphatic heterocycles. The zero-order valence-corrected chi connectivity index (χ0v) is 17.6. The second-order valence-electron chi connectivity index (χ2n) is 6.33. The Morgan fingerprint density at radius 2 is 1.92 bits per heavy atom. The Morgan fingerprint density at radius 1 is 1.23 bits per heavy atom. The third-order valence-corrected chi connectivity index (χ3v) is 3.94. The number of nitrogens with zero attached hydrogens (tertiary/aromatic N) is 3. The number of alkyl halides is 2. The first-order chi connectivity index (χ1) is 11.9. The summed E-state index contributed by atoms with van der Waals surface area (Å²) in [7, 11) is 0. The van der Waals surface area contributed by atoms with E-state index in [1.807, 2.05) is 25.1 Å². The molecular formula is C18H26F2IN5. The number of hydrogen-bond acceptors (Lipinski definition) is 2. The molecule has 0 fully saturated rings. The number of imidazole rings is 1. The van der Waals surface area contributed by atoms with E-state index < -0.39 is 6.55 Å². The topological polar surface area (TPSA) is 54.2 Å². The van der Waals surface area contributed by atoms with Crippen molar-refractivity contribution in [2.24, 2.45) is 4.99 Å². The van der Waals surface area contributed by atoms with Crippen LogP contribution in [0.15, 0.2) is 47.7 Å². The Hall–Kier alpha value is -1.71. The van der Waals surface area contributed by atoms with E-state index in [4.69, 9.17) is 0 Å². The average molecular weight is 477 g/mol. The van der Waals surface area contributed by atoms with Gasteiger partial charge in [-0.25, -0.2) is 9.98 Å². The van der Waals surface area contributed by atoms with Gasteiger partial charge in [0.25, 0.3) is 0 Å². The van der Waals surface area contributed by atoms with Crippen molar-refractivity contribution in [1.82, 2.24) is 20.2 Å². The highest BCUT2D eigenvalue weighted by Gasteiger charge is 2.20. The van der Waals surface area contributed by atoms with Gasteiger partial charge in [-0.1, -0.05) is 44.2 Å². The smallest absolute Gasteiger partial charge is 0.319 e. The number of hydrogen-bond donors (Lipinski definition) is 2. The summed E-state index contributed by atoms with van der Waals surface area (Å²) < 4.78 is 26.6. The van der Waals surface area contributed by atoms with Crippen molar-refractivity contribution >= 4 is 29.9 Å². The van der Waals surface area contributed by atoms with Crippen LogP contribution in [0.4, 0.5) is 8.78 Å². The second-order valence-corrected chi connectivity index (χ2v) is 6.33. The lowest BCUT2D eigenvalue weighted by Crippen LogP contribution is -2.43. The van der Waals surface area contributed by atoms with Crippen molar-refractivity contribution in [2.75, 3.05) is 13.1 Å². The number of rotatable bonds is 7. The summed E-state index contributed by atoms with van der Waals surface area (Å²) in [5, 5.41) is 6.42. The van der Waals surface area contributed by atoms with Crippen LogP contribution in [0.2, 0.25) is 0 Å². The average Bonchev–Trinajstić information content (AvgIpc) is 3.07. The summed E-state index contributed by atoms with van der Waals surface area (Å²) in [6, 6.07) is 10.2. The number of halogens is 3. The van der Waals surface area contributed by atoms with E-state index in [0.717, 1.165) is 4.57 Å². The Morgan fingerprint density at radius 3 is 2.54 bits per heavy atom. The van der Waals surface area contributed by atoms with Crippen LogP contribution in [0.1, 0.15) is 38.7 Å². The Labute approximate surface area is 170 Å². The number of benzene rings is 1. The van der Waals surface area contributed by atoms with E-state index >= 15 is 0 Å². The van der Waals surface area contributed by atoms with E-state index in [0.29, 0.717) is 19.0 Å². The van der Waals surface area contributed by atoms with Gasteiger partial charge in [-0.15, -0.1) is 24.0 Å². The fourth-order valence-electron chi connectivity index (χ4n) is 2.43. The number of aliphatic imine (C=N–C) groups is 1. The van der Waals surface area contributed by atoms with E-state index in [1.54, 1.807) is 0 Å². The third-order valence-electron chi connectivity index (χ3n) is 3.94. The Kier molecular flexibility index (Phi) is 8.97. The zero-order valence-electron chi connectivity index (χ0n) is 15.2. The van der Waals surface area contributed by atoms with Crippen LogP contribution in [0.25, 0.3) is 0 Å². The monoisotopic (exact) mass is 477 g/mol. The van der Waals surface area contributed by atoms with Gasteiger partial charge in [0.05, 0.1) is 0 Å². The van der Waals surface area contributed by atoms with Gasteiger partial charge in [0.1, 0.15) is 12.4 Å². The predicted octanol–water partition coefficient (Wildman–Crippen LogP) is 3.93. The minimum Gasteiger partial charge on any atom is -0.357 e. The van der Waals surface area contributed by atoms with E-state index in [2.05, 4.69) is 46.6 Å². The van der Waals surface area contributed by atoms with Gasteiger partial charge in [-0.3, -0.25) is 4.57 Å². The molecule has 0 aliphatic carbocycles. The molecule has 0 amide bonds. The van der Waals surface area contributed by atoms with Crippen LogP contribution >= 0.6 is 24.0 Å². The highest BCUT2D eigenvalue weighted by Crippen LogP contribution is 2.21. The maximum atomic E-state index is 12.9. The third kappa shape index (κ3) is 6.22. The van der Waals surface area contributed by atoms with Gasteiger partial charge >= 0.3 is 6.55 Å². The summed E-state index contributed by atoms with van der Waals surface area (Å²) in [6.07, 6.45) is 2.62. The van der Waals surface area contributed by atoms with Crippen molar-refractivity contribution in [1.29, 1.82) is 0 Å². The van der Waals surface area contributed by atoms with Crippen molar-refractivity contribution in [2.45, 2.75) is 39.3 Å². The molecule has 144 valence electrons. The SMILES string of the molecule is CCNC(=NCc1nccn1C(F)F)NCC(C)(C)c1ccccc1.I. The molecule has 0 spiro atoms. The maximum Gasteiger partial charge on any atom is 0.319 e. The molecule has 0 aliphatic rings. The molecule has 2 N–H and O–H groups in total. The molecular weight excluding hydrogens is 451 g/mol. The molecule has 1 heterocycles. The lowest BCUT2D eigenvalue weighted by atomic mass is 9.85. The normalized spacial score (nSPS) is 12.0. The highest BCUT2D eigenvalue weighted by molar-refractivity contribution is 14.0. The molecule has 0 atom stereocenters. The van der Waals surface area contributed by atoms with E-state index in [9.17, 15) is 8.78 Å². The molecule has 1 aromatic heterocycles. The molecule has 0 saturated carbocycles. The van der Waals surface area contributed by atoms with Gasteiger partial charge in [0, 0.05) is 30.9 Å². The van der Waals surface area contributed by atoms with Gasteiger partial charge < -0.3 is 10.6 Å². The largest absolute Gasteiger partial charge is 0.357 e. The van der Waals surface area contributed by atoms with Crippen molar-refractivity contribution in [3.8, 4) is 0 Å². The molecule has 0 saturated heterocycles. The van der Waals surface area contributed by atoms with Crippen LogP contribution in [0.5, 0.6) is 0 Å². The van der Waals surface area contributed by atoms with E-state index in [1.165, 1.54) is 18.0 Å². The molecule has 2 aromatic rings. The standard InChI is InChI=1S/C18H25F2N5.HI/c1-4-21-17(23-12-15-22-10-11-25(15)16(19)20)24-13-18(2,3)14-8-6-5-7-9-14;/h5-11,16H,4,12-13H2,1-3H3,(H2,21,23,24);1H. The Bertz CT molecular complexity index is 686. The summed E-state index contributed by atoms with van der Waals surface area (Å²) in [6.45, 7) is 5.05. The first-order valence-corrected chi connectivity index (χ1v) is 8.31. The van der Waals surface area contributed by atoms with E-state index in [-0.39, 0.29) is 41.8 Å². The van der Waals surface area contributed by atoms with Gasteiger partial charge in [-0.2, -0.15) is 8.78 Å². The lowest BCUT2D eigenvalue weighted by Gasteiger charge is -2.26. The fraction of sp³-hybridized carbons (Fsp3) is 0.444. The van der Waals surface area contributed by atoms with Gasteiger partial charge in [-0.05, 0) is 12.5 Å². The minimum absolute atomic E-state index is 0. The quantitative estimate of drug-likeness (QED) is 0.361. The predicted molar refractivity (Wildman–Crippen MR) is 111 cm³/mol. The van der Waals surface area contributed by atoms with Crippen molar-refractivity contribution in [3.05, 3.63) is 54.1 Å². The summed E-state index contributed by atoms with van der Waals surface area (Å²) in [5.74, 6) is 0.810. The minimum atomic E-state index is -2.61. The molecule has 0 radical (unpaired) electrons. The highest BCUT2D eigenvalue weighted by atomic mass is 127. The molecule has 1 aromatic carbocycles. The number of aromatic nitrogens is 2. The summed E-state index contributed by atoms with van der Waals surface area (Å²) in [4.78, 5) is 8.32. The van der Waals surface area contributed by atoms with Crippen molar-refractivity contribution in [3.63, 3.8) is 0 Å². The molecule has 2 rings (SSSR count). The summed E-state index contributed by atoms with van der Waals surface area (Å²) in [5.41, 5.74) is 1.12. The molecule has 0 unspecified atom stereocenters. The lowest BCUT2D eigenvalue weighted by molar-refractivity contribution is 0.0671.